The number of benzene rings is 2. The van der Waals surface area contributed by atoms with Gasteiger partial charge in [0.15, 0.2) is 0 Å². The van der Waals surface area contributed by atoms with Gasteiger partial charge in [0, 0.05) is 24.3 Å². The molecule has 2 aromatic carbocycles. The standard InChI is InChI=1S/C27H27ClFN5O5S/c1-15(2)32-25(35)16(3)13-34-14-31-22-7-5-17(9-20(22)27(34)36)18-10-23(26(39-4)30-12-18)33-40(37,38)24-8-6-19(29)11-21(24)28/h5-12,14-16,33H,13H2,1-4H3,(H,32,35)/t16-/m0/s1. The van der Waals surface area contributed by atoms with E-state index in [9.17, 15) is 22.4 Å². The summed E-state index contributed by atoms with van der Waals surface area (Å²) in [5.74, 6) is -1.32. The van der Waals surface area contributed by atoms with Crippen LogP contribution < -0.4 is 20.3 Å². The average Bonchev–Trinajstić information content (AvgIpc) is 2.89. The van der Waals surface area contributed by atoms with Gasteiger partial charge in [0.25, 0.3) is 15.6 Å². The van der Waals surface area contributed by atoms with Crippen LogP contribution in [0.15, 0.2) is 64.7 Å². The van der Waals surface area contributed by atoms with E-state index < -0.39 is 21.8 Å². The van der Waals surface area contributed by atoms with Crippen molar-refractivity contribution in [3.63, 3.8) is 0 Å². The molecule has 0 aliphatic rings. The number of rotatable bonds is 9. The fourth-order valence-corrected chi connectivity index (χ4v) is 5.59. The van der Waals surface area contributed by atoms with Crippen molar-refractivity contribution in [2.24, 2.45) is 5.92 Å². The van der Waals surface area contributed by atoms with E-state index in [0.717, 1.165) is 18.2 Å². The van der Waals surface area contributed by atoms with Crippen LogP contribution in [0.4, 0.5) is 10.1 Å². The van der Waals surface area contributed by atoms with E-state index in [-0.39, 0.29) is 45.5 Å². The summed E-state index contributed by atoms with van der Waals surface area (Å²) in [6.07, 6.45) is 2.88. The van der Waals surface area contributed by atoms with Gasteiger partial charge in [-0.05, 0) is 55.8 Å². The van der Waals surface area contributed by atoms with Crippen LogP contribution in [0.5, 0.6) is 5.88 Å². The lowest BCUT2D eigenvalue weighted by Gasteiger charge is -2.16. The normalized spacial score (nSPS) is 12.4. The van der Waals surface area contributed by atoms with Crippen LogP contribution in [0.25, 0.3) is 22.0 Å². The van der Waals surface area contributed by atoms with Crippen molar-refractivity contribution in [3.05, 3.63) is 76.2 Å². The number of fused-ring (bicyclic) bond motifs is 1. The van der Waals surface area contributed by atoms with Gasteiger partial charge in [0.05, 0.1) is 35.3 Å². The zero-order valence-corrected chi connectivity index (χ0v) is 23.7. The molecule has 0 aliphatic carbocycles. The summed E-state index contributed by atoms with van der Waals surface area (Å²) < 4.78 is 48.5. The number of hydrogen-bond donors (Lipinski definition) is 2. The first kappa shape index (κ1) is 29.0. The molecule has 4 aromatic rings. The van der Waals surface area contributed by atoms with Crippen molar-refractivity contribution >= 4 is 44.1 Å². The zero-order chi connectivity index (χ0) is 29.2. The van der Waals surface area contributed by atoms with Gasteiger partial charge < -0.3 is 10.1 Å². The Balaban J connectivity index is 1.70. The predicted octanol–water partition coefficient (Wildman–Crippen LogP) is 4.22. The first-order valence-corrected chi connectivity index (χ1v) is 14.1. The number of nitrogens with zero attached hydrogens (tertiary/aromatic N) is 3. The second-order valence-electron chi connectivity index (χ2n) is 9.46. The highest BCUT2D eigenvalue weighted by Gasteiger charge is 2.22. The third-order valence-corrected chi connectivity index (χ3v) is 7.83. The lowest BCUT2D eigenvalue weighted by atomic mass is 10.0. The Bertz CT molecular complexity index is 1760. The number of ether oxygens (including phenoxy) is 1. The lowest BCUT2D eigenvalue weighted by Crippen LogP contribution is -2.37. The number of halogens is 2. The van der Waals surface area contributed by atoms with E-state index in [1.807, 2.05) is 13.8 Å². The minimum atomic E-state index is -4.23. The molecule has 1 atom stereocenters. The minimum Gasteiger partial charge on any atom is -0.480 e. The maximum Gasteiger partial charge on any atom is 0.263 e. The van der Waals surface area contributed by atoms with Crippen LogP contribution in [-0.2, 0) is 21.4 Å². The fraction of sp³-hybridized carbons (Fsp3) is 0.259. The molecule has 0 spiro atoms. The van der Waals surface area contributed by atoms with Crippen LogP contribution in [0.3, 0.4) is 0 Å². The quantitative estimate of drug-likeness (QED) is 0.300. The molecule has 1 amide bonds. The predicted molar refractivity (Wildman–Crippen MR) is 150 cm³/mol. The maximum atomic E-state index is 13.5. The van der Waals surface area contributed by atoms with Crippen LogP contribution in [-0.4, -0.2) is 42.0 Å². The maximum absolute atomic E-state index is 13.5. The Morgan fingerprint density at radius 3 is 2.52 bits per heavy atom. The molecule has 10 nitrogen and oxygen atoms in total. The Labute approximate surface area is 235 Å². The molecular formula is C27H27ClFN5O5S. The Hall–Kier alpha value is -4.03. The van der Waals surface area contributed by atoms with Crippen molar-refractivity contribution in [2.45, 2.75) is 38.3 Å². The van der Waals surface area contributed by atoms with E-state index >= 15 is 0 Å². The number of aromatic nitrogens is 3. The third kappa shape index (κ3) is 6.23. The van der Waals surface area contributed by atoms with Gasteiger partial charge in [0.1, 0.15) is 16.4 Å². The van der Waals surface area contributed by atoms with Gasteiger partial charge >= 0.3 is 0 Å². The molecule has 0 bridgehead atoms. The van der Waals surface area contributed by atoms with Gasteiger partial charge in [-0.25, -0.2) is 22.8 Å². The van der Waals surface area contributed by atoms with Crippen molar-refractivity contribution in [3.8, 4) is 17.0 Å². The number of amides is 1. The Kier molecular flexibility index (Phi) is 8.40. The summed E-state index contributed by atoms with van der Waals surface area (Å²) in [5, 5.41) is 2.86. The summed E-state index contributed by atoms with van der Waals surface area (Å²) in [7, 11) is -2.90. The summed E-state index contributed by atoms with van der Waals surface area (Å²) in [6, 6.07) is 9.42. The summed E-state index contributed by atoms with van der Waals surface area (Å²) in [4.78, 5) is 33.9. The lowest BCUT2D eigenvalue weighted by molar-refractivity contribution is -0.125. The van der Waals surface area contributed by atoms with E-state index in [2.05, 4.69) is 20.0 Å². The Morgan fingerprint density at radius 2 is 1.85 bits per heavy atom. The highest BCUT2D eigenvalue weighted by atomic mass is 35.5. The average molecular weight is 588 g/mol. The first-order chi connectivity index (χ1) is 18.9. The highest BCUT2D eigenvalue weighted by Crippen LogP contribution is 2.32. The zero-order valence-electron chi connectivity index (χ0n) is 22.1. The minimum absolute atomic E-state index is 0.00840. The van der Waals surface area contributed by atoms with Crippen molar-refractivity contribution < 1.29 is 22.3 Å². The second-order valence-corrected chi connectivity index (χ2v) is 11.5. The number of hydrogen-bond acceptors (Lipinski definition) is 7. The summed E-state index contributed by atoms with van der Waals surface area (Å²) >= 11 is 5.97. The van der Waals surface area contributed by atoms with Crippen LogP contribution in [0.2, 0.25) is 5.02 Å². The molecular weight excluding hydrogens is 561 g/mol. The van der Waals surface area contributed by atoms with E-state index in [0.29, 0.717) is 22.0 Å². The number of nitrogens with one attached hydrogen (secondary N) is 2. The van der Waals surface area contributed by atoms with Crippen LogP contribution >= 0.6 is 11.6 Å². The summed E-state index contributed by atoms with van der Waals surface area (Å²) in [6.45, 7) is 5.60. The van der Waals surface area contributed by atoms with Crippen LogP contribution in [0.1, 0.15) is 20.8 Å². The largest absolute Gasteiger partial charge is 0.480 e. The molecule has 0 fully saturated rings. The second kappa shape index (κ2) is 11.6. The van der Waals surface area contributed by atoms with Crippen LogP contribution in [0, 0.1) is 11.7 Å². The molecule has 0 saturated carbocycles. The number of methoxy groups -OCH3 is 1. The van der Waals surface area contributed by atoms with Crippen molar-refractivity contribution in [2.75, 3.05) is 11.8 Å². The van der Waals surface area contributed by atoms with E-state index in [1.54, 1.807) is 25.1 Å². The highest BCUT2D eigenvalue weighted by molar-refractivity contribution is 7.92. The fourth-order valence-electron chi connectivity index (χ4n) is 4.01. The van der Waals surface area contributed by atoms with Gasteiger partial charge in [0.2, 0.25) is 11.8 Å². The van der Waals surface area contributed by atoms with E-state index in [4.69, 9.17) is 16.3 Å². The van der Waals surface area contributed by atoms with Crippen molar-refractivity contribution in [1.82, 2.24) is 19.9 Å². The molecule has 0 radical (unpaired) electrons. The monoisotopic (exact) mass is 587 g/mol. The number of carbonyl (C=O) groups excluding carboxylic acids is 1. The molecule has 210 valence electrons. The first-order valence-electron chi connectivity index (χ1n) is 12.2. The number of anilines is 1. The molecule has 0 unspecified atom stereocenters. The third-order valence-electron chi connectivity index (χ3n) is 5.98. The molecule has 0 aliphatic heterocycles. The molecule has 0 saturated heterocycles. The molecule has 2 aromatic heterocycles. The SMILES string of the molecule is COc1ncc(-c2ccc3ncn(C[C@H](C)C(=O)NC(C)C)c(=O)c3c2)cc1NS(=O)(=O)c1ccc(F)cc1Cl. The summed E-state index contributed by atoms with van der Waals surface area (Å²) in [5.41, 5.74) is 1.17. The van der Waals surface area contributed by atoms with Gasteiger partial charge in [-0.15, -0.1) is 0 Å². The smallest absolute Gasteiger partial charge is 0.263 e. The van der Waals surface area contributed by atoms with Crippen molar-refractivity contribution in [1.29, 1.82) is 0 Å². The van der Waals surface area contributed by atoms with Gasteiger partial charge in [-0.3, -0.25) is 18.9 Å². The molecule has 4 rings (SSSR count). The Morgan fingerprint density at radius 1 is 1.10 bits per heavy atom. The molecule has 40 heavy (non-hydrogen) atoms. The number of carbonyl (C=O) groups is 1. The molecule has 13 heteroatoms. The van der Waals surface area contributed by atoms with E-state index in [1.165, 1.54) is 30.3 Å². The number of sulfonamides is 1. The van der Waals surface area contributed by atoms with Gasteiger partial charge in [-0.2, -0.15) is 0 Å². The molecule has 2 heterocycles. The molecule has 2 N–H and O–H groups in total. The number of pyridine rings is 1. The topological polar surface area (TPSA) is 132 Å². The van der Waals surface area contributed by atoms with Gasteiger partial charge in [-0.1, -0.05) is 24.6 Å².